The van der Waals surface area contributed by atoms with Gasteiger partial charge in [-0.25, -0.2) is 9.78 Å². The van der Waals surface area contributed by atoms with Crippen molar-refractivity contribution in [3.05, 3.63) is 131 Å². The lowest BCUT2D eigenvalue weighted by molar-refractivity contribution is 0.0224. The van der Waals surface area contributed by atoms with E-state index in [2.05, 4.69) is 35.6 Å². The number of pyridine rings is 2. The summed E-state index contributed by atoms with van der Waals surface area (Å²) in [5.74, 6) is -1.63. The van der Waals surface area contributed by atoms with E-state index >= 15 is 0 Å². The van der Waals surface area contributed by atoms with Gasteiger partial charge in [-0.2, -0.15) is 0 Å². The summed E-state index contributed by atoms with van der Waals surface area (Å²) >= 11 is 0. The summed E-state index contributed by atoms with van der Waals surface area (Å²) in [7, 11) is 0. The molecule has 4 heterocycles. The van der Waals surface area contributed by atoms with E-state index in [0.717, 1.165) is 12.1 Å². The third-order valence-corrected chi connectivity index (χ3v) is 8.31. The minimum atomic E-state index is -1.60. The molecule has 15 heteroatoms. The average molecular weight is 680 g/mol. The molecule has 51 heavy (non-hydrogen) atoms. The molecular weight excluding hydrogens is 658 g/mol. The molecule has 15 nitrogen and oxygen atoms in total. The number of carbonyl (C=O) groups is 1. The molecule has 0 saturated heterocycles. The number of phenols is 4. The summed E-state index contributed by atoms with van der Waals surface area (Å²) in [6, 6.07) is 21.3. The van der Waals surface area contributed by atoms with Crippen molar-refractivity contribution in [1.29, 1.82) is 0 Å². The lowest BCUT2D eigenvalue weighted by Crippen LogP contribution is -2.33. The van der Waals surface area contributed by atoms with Crippen LogP contribution in [0.25, 0.3) is 11.1 Å². The molecule has 6 aromatic rings. The number of rotatable bonds is 6. The monoisotopic (exact) mass is 679 g/mol. The normalized spacial score (nSPS) is 15.7. The summed E-state index contributed by atoms with van der Waals surface area (Å²) in [6.07, 6.45) is 4.31. The van der Waals surface area contributed by atoms with E-state index < -0.39 is 28.8 Å². The Balaban J connectivity index is 1.36. The predicted octanol–water partition coefficient (Wildman–Crippen LogP) is 8.76. The Morgan fingerprint density at radius 1 is 0.706 bits per heavy atom. The Morgan fingerprint density at radius 2 is 1.51 bits per heavy atom. The van der Waals surface area contributed by atoms with Gasteiger partial charge in [0.2, 0.25) is 0 Å². The first-order valence-electron chi connectivity index (χ1n) is 15.1. The van der Waals surface area contributed by atoms with E-state index in [1.165, 1.54) is 42.9 Å². The summed E-state index contributed by atoms with van der Waals surface area (Å²) in [6.45, 7) is 0. The zero-order valence-electron chi connectivity index (χ0n) is 25.9. The molecule has 0 aliphatic carbocycles. The zero-order chi connectivity index (χ0) is 35.3. The maximum Gasteiger partial charge on any atom is 0.340 e. The number of aromatic nitrogens is 2. The lowest BCUT2D eigenvalue weighted by Gasteiger charge is -2.37. The van der Waals surface area contributed by atoms with Gasteiger partial charge in [-0.15, -0.1) is 25.4 Å². The first-order valence-corrected chi connectivity index (χ1v) is 15.1. The van der Waals surface area contributed by atoms with E-state index in [0.29, 0.717) is 16.7 Å². The first kappa shape index (κ1) is 30.8. The van der Waals surface area contributed by atoms with Crippen LogP contribution in [-0.2, 0) is 10.3 Å². The largest absolute Gasteiger partial charge is 0.508 e. The van der Waals surface area contributed by atoms with Gasteiger partial charge in [0.15, 0.2) is 22.9 Å². The number of ether oxygens (including phenoxy) is 2. The minimum Gasteiger partial charge on any atom is -0.508 e. The van der Waals surface area contributed by atoms with Crippen LogP contribution in [0.5, 0.6) is 34.5 Å². The van der Waals surface area contributed by atoms with Crippen molar-refractivity contribution in [3.63, 3.8) is 0 Å². The summed E-state index contributed by atoms with van der Waals surface area (Å²) in [5, 5.41) is 61.8. The molecule has 2 aliphatic rings. The molecule has 2 aromatic heterocycles. The van der Waals surface area contributed by atoms with Gasteiger partial charge in [0.25, 0.3) is 0 Å². The van der Waals surface area contributed by atoms with E-state index in [1.54, 1.807) is 48.5 Å². The molecule has 4 aromatic carbocycles. The van der Waals surface area contributed by atoms with Crippen LogP contribution >= 0.6 is 0 Å². The van der Waals surface area contributed by atoms with Crippen molar-refractivity contribution >= 4 is 34.5 Å². The van der Waals surface area contributed by atoms with Crippen LogP contribution in [-0.4, -0.2) is 36.4 Å². The first-order chi connectivity index (χ1) is 24.8. The van der Waals surface area contributed by atoms with E-state index in [9.17, 15) is 30.1 Å². The van der Waals surface area contributed by atoms with Crippen LogP contribution in [0.4, 0.5) is 28.6 Å². The number of hydrogen-bond donors (Lipinski definition) is 4. The molecule has 0 bridgehead atoms. The number of aromatic hydroxyl groups is 4. The second-order valence-electron chi connectivity index (χ2n) is 11.3. The number of fused-ring (bicyclic) bond motifs is 6. The van der Waals surface area contributed by atoms with Gasteiger partial charge in [0.1, 0.15) is 45.8 Å². The second-order valence-corrected chi connectivity index (χ2v) is 11.3. The van der Waals surface area contributed by atoms with E-state index in [1.807, 2.05) is 0 Å². The Morgan fingerprint density at radius 3 is 2.33 bits per heavy atom. The second kappa shape index (κ2) is 11.9. The summed E-state index contributed by atoms with van der Waals surface area (Å²) in [5.41, 5.74) is -0.206. The maximum atomic E-state index is 13.5. The van der Waals surface area contributed by atoms with Crippen LogP contribution < -0.4 is 4.74 Å². The number of carbonyl (C=O) groups excluding carboxylic acids is 1. The molecule has 8 rings (SSSR count). The van der Waals surface area contributed by atoms with Crippen molar-refractivity contribution in [3.8, 4) is 45.6 Å². The van der Waals surface area contributed by atoms with Crippen LogP contribution in [0.2, 0.25) is 0 Å². The van der Waals surface area contributed by atoms with Gasteiger partial charge in [-0.3, -0.25) is 4.98 Å². The number of nitroso groups, excluding NO2 is 1. The standard InChI is InChI=1S/C36H21N7O8/c44-20-8-9-23-30(12-20)50-34-24(36(23)22-6-2-1-5-21(22)35(48)51-36)13-27(41-42-31-7-3-4-10-38-31)33(47)32(34)18-11-19(17-37-16-18)39-40-25-14-26(43-49)29(46)15-28(25)45/h1-17,44-47H. The topological polar surface area (TPSA) is 221 Å². The highest BCUT2D eigenvalue weighted by Gasteiger charge is 2.54. The lowest BCUT2D eigenvalue weighted by atomic mass is 9.76. The maximum absolute atomic E-state index is 13.5. The summed E-state index contributed by atoms with van der Waals surface area (Å²) in [4.78, 5) is 33.0. The fourth-order valence-electron chi connectivity index (χ4n) is 6.07. The van der Waals surface area contributed by atoms with Gasteiger partial charge in [-0.1, -0.05) is 24.3 Å². The van der Waals surface area contributed by atoms with E-state index in [-0.39, 0.29) is 62.5 Å². The number of benzene rings is 4. The number of esters is 1. The molecule has 2 aliphatic heterocycles. The quantitative estimate of drug-likeness (QED) is 0.0744. The molecule has 0 radical (unpaired) electrons. The fraction of sp³-hybridized carbons (Fsp3) is 0.0278. The highest BCUT2D eigenvalue weighted by Crippen LogP contribution is 2.61. The predicted molar refractivity (Wildman–Crippen MR) is 179 cm³/mol. The van der Waals surface area contributed by atoms with Crippen LogP contribution in [0.3, 0.4) is 0 Å². The Kier molecular flexibility index (Phi) is 7.15. The minimum absolute atomic E-state index is 0.0324. The molecular formula is C36H21N7O8. The molecule has 0 saturated carbocycles. The molecule has 0 amide bonds. The highest BCUT2D eigenvalue weighted by atomic mass is 16.6. The summed E-state index contributed by atoms with van der Waals surface area (Å²) < 4.78 is 12.7. The van der Waals surface area contributed by atoms with Gasteiger partial charge >= 0.3 is 5.97 Å². The number of hydrogen-bond acceptors (Lipinski definition) is 15. The van der Waals surface area contributed by atoms with E-state index in [4.69, 9.17) is 9.47 Å². The third-order valence-electron chi connectivity index (χ3n) is 8.31. The van der Waals surface area contributed by atoms with Crippen LogP contribution in [0.1, 0.15) is 27.0 Å². The Bertz CT molecular complexity index is 2490. The Labute approximate surface area is 286 Å². The van der Waals surface area contributed by atoms with Crippen molar-refractivity contribution in [2.45, 2.75) is 5.60 Å². The highest BCUT2D eigenvalue weighted by molar-refractivity contribution is 5.98. The van der Waals surface area contributed by atoms with Gasteiger partial charge < -0.3 is 29.9 Å². The Hall–Kier alpha value is -7.55. The fourth-order valence-corrected chi connectivity index (χ4v) is 6.07. The average Bonchev–Trinajstić information content (AvgIpc) is 3.43. The van der Waals surface area contributed by atoms with Crippen molar-refractivity contribution in [2.75, 3.05) is 0 Å². The molecule has 0 fully saturated rings. The number of phenolic OH excluding ortho intramolecular Hbond substituents is 4. The third kappa shape index (κ3) is 5.04. The van der Waals surface area contributed by atoms with Gasteiger partial charge in [0, 0.05) is 47.3 Å². The zero-order valence-corrected chi connectivity index (χ0v) is 25.9. The number of azo groups is 2. The molecule has 1 spiro atoms. The number of nitrogens with zero attached hydrogens (tertiary/aromatic N) is 7. The SMILES string of the molecule is O=Nc1cc(N=Nc2cncc(-c3c(O)c(N=Nc4ccccn4)cc4c3Oc3cc(O)ccc3C43OC(=O)c4ccccc43)c2)c(O)cc1O. The van der Waals surface area contributed by atoms with Gasteiger partial charge in [-0.05, 0) is 47.6 Å². The van der Waals surface area contributed by atoms with Gasteiger partial charge in [0.05, 0.1) is 22.9 Å². The van der Waals surface area contributed by atoms with Crippen molar-refractivity contribution < 1.29 is 34.7 Å². The molecule has 1 atom stereocenters. The molecule has 4 N–H and O–H groups in total. The molecule has 248 valence electrons. The van der Waals surface area contributed by atoms with Crippen LogP contribution in [0.15, 0.2) is 129 Å². The molecule has 1 unspecified atom stereocenters. The van der Waals surface area contributed by atoms with Crippen LogP contribution in [0, 0.1) is 4.91 Å². The smallest absolute Gasteiger partial charge is 0.340 e. The van der Waals surface area contributed by atoms with Crippen molar-refractivity contribution in [1.82, 2.24) is 9.97 Å². The van der Waals surface area contributed by atoms with Crippen molar-refractivity contribution in [2.24, 2.45) is 25.6 Å².